The lowest BCUT2D eigenvalue weighted by molar-refractivity contribution is 0.00590. The molecule has 0 bridgehead atoms. The smallest absolute Gasteiger partial charge is 0.306 e. The fraction of sp³-hybridized carbons (Fsp3) is 0.286. The van der Waals surface area contributed by atoms with Crippen LogP contribution < -0.4 is 5.32 Å². The van der Waals surface area contributed by atoms with Crippen molar-refractivity contribution in [2.24, 2.45) is 0 Å². The molecular weight excluding hydrogens is 276 g/mol. The molecule has 2 heterocycles. The van der Waals surface area contributed by atoms with E-state index in [1.165, 1.54) is 24.5 Å². The molecule has 0 unspecified atom stereocenters. The van der Waals surface area contributed by atoms with Gasteiger partial charge in [-0.25, -0.2) is 9.97 Å². The normalized spacial score (nSPS) is 11.0. The highest BCUT2D eigenvalue weighted by atomic mass is 19.3. The van der Waals surface area contributed by atoms with Crippen LogP contribution in [0.4, 0.5) is 14.6 Å². The van der Waals surface area contributed by atoms with Gasteiger partial charge in [0.15, 0.2) is 5.69 Å². The van der Waals surface area contributed by atoms with Crippen molar-refractivity contribution >= 4 is 5.82 Å². The van der Waals surface area contributed by atoms with Crippen molar-refractivity contribution in [3.63, 3.8) is 0 Å². The third kappa shape index (κ3) is 3.48. The molecule has 0 atom stereocenters. The first-order chi connectivity index (χ1) is 10.1. The predicted octanol–water partition coefficient (Wildman–Crippen LogP) is 2.51. The Morgan fingerprint density at radius 2 is 2.14 bits per heavy atom. The minimum Gasteiger partial charge on any atom is -0.362 e. The highest BCUT2D eigenvalue weighted by molar-refractivity contribution is 5.42. The first kappa shape index (κ1) is 14.8. The van der Waals surface area contributed by atoms with Gasteiger partial charge in [-0.1, -0.05) is 13.0 Å². The number of nitrogens with zero attached hydrogens (tertiary/aromatic N) is 4. The molecule has 0 spiro atoms. The Kier molecular flexibility index (Phi) is 4.38. The highest BCUT2D eigenvalue weighted by Gasteiger charge is 2.33. The molecule has 0 aromatic carbocycles. The molecule has 2 rings (SSSR count). The van der Waals surface area contributed by atoms with E-state index >= 15 is 0 Å². The average molecular weight is 289 g/mol. The molecule has 0 fully saturated rings. The Bertz CT molecular complexity index is 652. The number of aromatic nitrogens is 3. The lowest BCUT2D eigenvalue weighted by Gasteiger charge is -2.17. The molecule has 7 heteroatoms. The third-order valence-corrected chi connectivity index (χ3v) is 2.81. The van der Waals surface area contributed by atoms with E-state index in [0.717, 1.165) is 0 Å². The summed E-state index contributed by atoms with van der Waals surface area (Å²) < 4.78 is 28.0. The molecule has 0 aliphatic heterocycles. The maximum Gasteiger partial charge on any atom is 0.306 e. The predicted molar refractivity (Wildman–Crippen MR) is 72.7 cm³/mol. The Morgan fingerprint density at radius 1 is 1.33 bits per heavy atom. The Labute approximate surface area is 120 Å². The van der Waals surface area contributed by atoms with E-state index < -0.39 is 12.5 Å². The zero-order valence-electron chi connectivity index (χ0n) is 11.3. The van der Waals surface area contributed by atoms with E-state index in [1.807, 2.05) is 13.0 Å². The maximum atomic E-state index is 14.0. The number of pyridine rings is 1. The summed E-state index contributed by atoms with van der Waals surface area (Å²) in [5.41, 5.74) is 0.330. The van der Waals surface area contributed by atoms with Crippen LogP contribution in [0.1, 0.15) is 24.0 Å². The second-order valence-corrected chi connectivity index (χ2v) is 4.29. The number of hydrogen-bond donors (Lipinski definition) is 1. The summed E-state index contributed by atoms with van der Waals surface area (Å²) in [4.78, 5) is 11.7. The van der Waals surface area contributed by atoms with Crippen molar-refractivity contribution < 1.29 is 8.78 Å². The first-order valence-electron chi connectivity index (χ1n) is 6.36. The van der Waals surface area contributed by atoms with Gasteiger partial charge in [0.1, 0.15) is 17.6 Å². The van der Waals surface area contributed by atoms with Crippen LogP contribution in [-0.2, 0) is 12.3 Å². The first-order valence-corrected chi connectivity index (χ1v) is 6.36. The summed E-state index contributed by atoms with van der Waals surface area (Å²) >= 11 is 0. The average Bonchev–Trinajstić information content (AvgIpc) is 2.53. The number of aryl methyl sites for hydroxylation is 1. The van der Waals surface area contributed by atoms with Crippen molar-refractivity contribution in [3.05, 3.63) is 47.7 Å². The van der Waals surface area contributed by atoms with Crippen molar-refractivity contribution in [2.75, 3.05) is 11.9 Å². The monoisotopic (exact) mass is 289 g/mol. The van der Waals surface area contributed by atoms with E-state index in [-0.39, 0.29) is 17.2 Å². The van der Waals surface area contributed by atoms with E-state index in [2.05, 4.69) is 20.3 Å². The maximum absolute atomic E-state index is 14.0. The van der Waals surface area contributed by atoms with E-state index in [4.69, 9.17) is 5.26 Å². The van der Waals surface area contributed by atoms with Crippen molar-refractivity contribution in [1.29, 1.82) is 5.26 Å². The van der Waals surface area contributed by atoms with Gasteiger partial charge in [0.25, 0.3) is 0 Å². The SMILES string of the molecule is CCc1nc(C#N)cnc1NCC(F)(F)c1ccccn1. The molecule has 5 nitrogen and oxygen atoms in total. The zero-order chi connectivity index (χ0) is 15.3. The largest absolute Gasteiger partial charge is 0.362 e. The van der Waals surface area contributed by atoms with E-state index in [9.17, 15) is 8.78 Å². The number of halogens is 2. The van der Waals surface area contributed by atoms with Gasteiger partial charge in [0.05, 0.1) is 18.4 Å². The molecular formula is C14H13F2N5. The summed E-state index contributed by atoms with van der Waals surface area (Å²) in [6, 6.07) is 6.23. The van der Waals surface area contributed by atoms with Crippen LogP contribution in [0.3, 0.4) is 0 Å². The number of hydrogen-bond acceptors (Lipinski definition) is 5. The third-order valence-electron chi connectivity index (χ3n) is 2.81. The molecule has 0 aliphatic rings. The molecule has 0 amide bonds. The summed E-state index contributed by atoms with van der Waals surface area (Å²) in [6.45, 7) is 1.17. The van der Waals surface area contributed by atoms with Gasteiger partial charge in [-0.05, 0) is 18.6 Å². The van der Waals surface area contributed by atoms with Crippen LogP contribution in [0, 0.1) is 11.3 Å². The van der Waals surface area contributed by atoms with Gasteiger partial charge in [0, 0.05) is 6.20 Å². The standard InChI is InChI=1S/C14H13F2N5/c1-2-11-13(19-8-10(7-17)21-11)20-9-14(15,16)12-5-3-4-6-18-12/h3-6,8H,2,9H2,1H3,(H,19,20). The molecule has 2 aromatic rings. The van der Waals surface area contributed by atoms with Crippen LogP contribution >= 0.6 is 0 Å². The molecule has 0 saturated carbocycles. The number of nitrogens with one attached hydrogen (secondary N) is 1. The van der Waals surface area contributed by atoms with Gasteiger partial charge in [-0.15, -0.1) is 0 Å². The Hall–Kier alpha value is -2.62. The second-order valence-electron chi connectivity index (χ2n) is 4.29. The van der Waals surface area contributed by atoms with Crippen LogP contribution in [0.25, 0.3) is 0 Å². The molecule has 0 aliphatic carbocycles. The molecule has 1 N–H and O–H groups in total. The molecule has 0 radical (unpaired) electrons. The number of rotatable bonds is 5. The number of anilines is 1. The lowest BCUT2D eigenvalue weighted by atomic mass is 10.2. The quantitative estimate of drug-likeness (QED) is 0.915. The van der Waals surface area contributed by atoms with Crippen molar-refractivity contribution in [2.45, 2.75) is 19.3 Å². The fourth-order valence-electron chi connectivity index (χ4n) is 1.74. The van der Waals surface area contributed by atoms with Crippen LogP contribution in [0.5, 0.6) is 0 Å². The lowest BCUT2D eigenvalue weighted by Crippen LogP contribution is -2.26. The minimum atomic E-state index is -3.12. The highest BCUT2D eigenvalue weighted by Crippen LogP contribution is 2.26. The van der Waals surface area contributed by atoms with E-state index in [0.29, 0.717) is 12.1 Å². The number of nitriles is 1. The summed E-state index contributed by atoms with van der Waals surface area (Å²) in [5.74, 6) is -2.87. The number of alkyl halides is 2. The summed E-state index contributed by atoms with van der Waals surface area (Å²) in [5, 5.41) is 11.3. The van der Waals surface area contributed by atoms with Crippen molar-refractivity contribution in [3.8, 4) is 6.07 Å². The van der Waals surface area contributed by atoms with Crippen molar-refractivity contribution in [1.82, 2.24) is 15.0 Å². The molecule has 108 valence electrons. The summed E-state index contributed by atoms with van der Waals surface area (Å²) in [6.07, 6.45) is 3.06. The topological polar surface area (TPSA) is 74.5 Å². The fourth-order valence-corrected chi connectivity index (χ4v) is 1.74. The minimum absolute atomic E-state index is 0.161. The van der Waals surface area contributed by atoms with E-state index in [1.54, 1.807) is 6.07 Å². The Morgan fingerprint density at radius 3 is 2.76 bits per heavy atom. The molecule has 2 aromatic heterocycles. The second kappa shape index (κ2) is 6.22. The van der Waals surface area contributed by atoms with Gasteiger partial charge < -0.3 is 5.32 Å². The molecule has 0 saturated heterocycles. The summed E-state index contributed by atoms with van der Waals surface area (Å²) in [7, 11) is 0. The molecule has 21 heavy (non-hydrogen) atoms. The zero-order valence-corrected chi connectivity index (χ0v) is 11.3. The van der Waals surface area contributed by atoms with Gasteiger partial charge in [-0.3, -0.25) is 4.98 Å². The van der Waals surface area contributed by atoms with Gasteiger partial charge in [-0.2, -0.15) is 14.0 Å². The van der Waals surface area contributed by atoms with Gasteiger partial charge in [0.2, 0.25) is 0 Å². The Balaban J connectivity index is 2.15. The van der Waals surface area contributed by atoms with Crippen LogP contribution in [0.15, 0.2) is 30.6 Å². The van der Waals surface area contributed by atoms with Crippen LogP contribution in [-0.4, -0.2) is 21.5 Å². The van der Waals surface area contributed by atoms with Gasteiger partial charge >= 0.3 is 5.92 Å². The van der Waals surface area contributed by atoms with Crippen LogP contribution in [0.2, 0.25) is 0 Å².